The number of amides is 6. The third-order valence-corrected chi connectivity index (χ3v) is 10.6. The maximum absolute atomic E-state index is 14.2. The van der Waals surface area contributed by atoms with Crippen LogP contribution in [0.5, 0.6) is 0 Å². The number of nitrogens with one attached hydrogen (secondary N) is 5. The molecule has 1 aliphatic heterocycles. The summed E-state index contributed by atoms with van der Waals surface area (Å²) in [7, 11) is 1.65. The highest BCUT2D eigenvalue weighted by Gasteiger charge is 2.32. The molecule has 0 radical (unpaired) electrons. The number of nitrogens with zero attached hydrogens (tertiary/aromatic N) is 4. The Balaban J connectivity index is 1.78. The summed E-state index contributed by atoms with van der Waals surface area (Å²) >= 11 is 2.70. The smallest absolute Gasteiger partial charge is 0.272 e. The lowest BCUT2D eigenvalue weighted by atomic mass is 10.0. The van der Waals surface area contributed by atoms with Gasteiger partial charge in [0, 0.05) is 19.0 Å². The monoisotopic (exact) mass is 781 g/mol. The number of thioether (sulfide) groups is 1. The molecule has 54 heavy (non-hydrogen) atoms. The number of carbonyl (C=O) groups excluding carboxylic acids is 6. The summed E-state index contributed by atoms with van der Waals surface area (Å²) in [5.74, 6) is -2.74. The molecular formula is C37H51N9O6S2. The lowest BCUT2D eigenvalue weighted by Crippen LogP contribution is -2.58. The number of benzene rings is 1. The second-order valence-electron chi connectivity index (χ2n) is 13.7. The van der Waals surface area contributed by atoms with E-state index in [1.807, 2.05) is 50.4 Å². The van der Waals surface area contributed by atoms with E-state index in [9.17, 15) is 28.8 Å². The molecule has 0 saturated carbocycles. The lowest BCUT2D eigenvalue weighted by molar-refractivity contribution is -0.132. The van der Waals surface area contributed by atoms with Gasteiger partial charge >= 0.3 is 0 Å². The SMILES string of the molecule is CC[C@@H]1NC(=O)[C@@H](C)NC(=O)c2csc(n2)[C@H](C(C)C)NC(=O)CN(C(=O)c2cc(C)nn2C)C[C@H](Cc2ccccc2)NC(=O)[C@H](CCSC)NC1=O. The van der Waals surface area contributed by atoms with Crippen molar-refractivity contribution in [2.24, 2.45) is 13.0 Å². The molecule has 0 saturated heterocycles. The average molecular weight is 782 g/mol. The average Bonchev–Trinajstić information content (AvgIpc) is 3.76. The van der Waals surface area contributed by atoms with E-state index >= 15 is 0 Å². The van der Waals surface area contributed by atoms with Crippen LogP contribution in [-0.2, 0) is 32.6 Å². The predicted octanol–water partition coefficient (Wildman–Crippen LogP) is 2.13. The first-order chi connectivity index (χ1) is 25.7. The van der Waals surface area contributed by atoms with Gasteiger partial charge in [-0.25, -0.2) is 4.98 Å². The molecule has 0 unspecified atom stereocenters. The number of hydrogen-bond acceptors (Lipinski definition) is 10. The number of thiazole rings is 1. The Morgan fingerprint density at radius 3 is 2.30 bits per heavy atom. The zero-order valence-electron chi connectivity index (χ0n) is 31.8. The van der Waals surface area contributed by atoms with Gasteiger partial charge in [0.25, 0.3) is 11.8 Å². The third-order valence-electron chi connectivity index (χ3n) is 8.98. The maximum Gasteiger partial charge on any atom is 0.272 e. The first-order valence-electron chi connectivity index (χ1n) is 18.0. The summed E-state index contributed by atoms with van der Waals surface area (Å²) in [5.41, 5.74) is 1.84. The van der Waals surface area contributed by atoms with Crippen LogP contribution in [0.3, 0.4) is 0 Å². The fourth-order valence-corrected chi connectivity index (χ4v) is 7.52. The van der Waals surface area contributed by atoms with E-state index in [4.69, 9.17) is 0 Å². The van der Waals surface area contributed by atoms with Crippen molar-refractivity contribution in [1.82, 2.24) is 46.2 Å². The molecule has 3 aromatic rings. The fourth-order valence-electron chi connectivity index (χ4n) is 6.02. The van der Waals surface area contributed by atoms with Gasteiger partial charge in [0.1, 0.15) is 34.5 Å². The van der Waals surface area contributed by atoms with E-state index in [0.717, 1.165) is 5.56 Å². The van der Waals surface area contributed by atoms with Gasteiger partial charge in [-0.15, -0.1) is 11.3 Å². The van der Waals surface area contributed by atoms with Crippen LogP contribution < -0.4 is 26.6 Å². The van der Waals surface area contributed by atoms with Gasteiger partial charge in [0.2, 0.25) is 23.6 Å². The molecule has 0 fully saturated rings. The summed E-state index contributed by atoms with van der Waals surface area (Å²) in [4.78, 5) is 88.1. The van der Waals surface area contributed by atoms with Crippen LogP contribution in [0.25, 0.3) is 0 Å². The molecule has 3 heterocycles. The molecule has 4 rings (SSSR count). The van der Waals surface area contributed by atoms with E-state index in [1.54, 1.807) is 32.3 Å². The van der Waals surface area contributed by atoms with Gasteiger partial charge in [-0.3, -0.25) is 33.4 Å². The van der Waals surface area contributed by atoms with Gasteiger partial charge in [-0.2, -0.15) is 16.9 Å². The Bertz CT molecular complexity index is 1800. The van der Waals surface area contributed by atoms with E-state index in [1.165, 1.54) is 39.6 Å². The van der Waals surface area contributed by atoms with Crippen molar-refractivity contribution in [3.8, 4) is 0 Å². The van der Waals surface area contributed by atoms with Crippen molar-refractivity contribution in [2.45, 2.75) is 84.1 Å². The van der Waals surface area contributed by atoms with Crippen molar-refractivity contribution in [1.29, 1.82) is 0 Å². The van der Waals surface area contributed by atoms with Crippen LogP contribution in [0, 0.1) is 12.8 Å². The third kappa shape index (κ3) is 11.4. The molecule has 5 atom stereocenters. The van der Waals surface area contributed by atoms with Crippen LogP contribution in [0.4, 0.5) is 0 Å². The Kier molecular flexibility index (Phi) is 15.2. The molecule has 1 aromatic carbocycles. The minimum absolute atomic E-state index is 0.0558. The molecule has 0 spiro atoms. The summed E-state index contributed by atoms with van der Waals surface area (Å²) in [5, 5.41) is 20.6. The molecule has 17 heteroatoms. The maximum atomic E-state index is 14.2. The zero-order chi connectivity index (χ0) is 39.5. The number of carbonyl (C=O) groups is 6. The van der Waals surface area contributed by atoms with Crippen LogP contribution in [0.2, 0.25) is 0 Å². The van der Waals surface area contributed by atoms with Crippen molar-refractivity contribution >= 4 is 58.5 Å². The zero-order valence-corrected chi connectivity index (χ0v) is 33.4. The quantitative estimate of drug-likeness (QED) is 0.228. The minimum Gasteiger partial charge on any atom is -0.349 e. The van der Waals surface area contributed by atoms with E-state index in [0.29, 0.717) is 29.3 Å². The van der Waals surface area contributed by atoms with Crippen molar-refractivity contribution < 1.29 is 28.8 Å². The summed E-state index contributed by atoms with van der Waals surface area (Å²) < 4.78 is 1.46. The molecule has 15 nitrogen and oxygen atoms in total. The Morgan fingerprint density at radius 1 is 0.981 bits per heavy atom. The fraction of sp³-hybridized carbons (Fsp3) is 0.514. The summed E-state index contributed by atoms with van der Waals surface area (Å²) in [6.07, 6.45) is 2.72. The Morgan fingerprint density at radius 2 is 1.67 bits per heavy atom. The molecule has 2 bridgehead atoms. The highest BCUT2D eigenvalue weighted by molar-refractivity contribution is 7.98. The normalized spacial score (nSPS) is 22.4. The molecule has 2 aromatic heterocycles. The van der Waals surface area contributed by atoms with E-state index in [-0.39, 0.29) is 36.8 Å². The van der Waals surface area contributed by atoms with Gasteiger partial charge in [-0.1, -0.05) is 51.1 Å². The van der Waals surface area contributed by atoms with Gasteiger partial charge in [0.05, 0.1) is 24.3 Å². The highest BCUT2D eigenvalue weighted by atomic mass is 32.2. The van der Waals surface area contributed by atoms with Crippen molar-refractivity contribution in [3.05, 3.63) is 69.4 Å². The van der Waals surface area contributed by atoms with Crippen molar-refractivity contribution in [3.63, 3.8) is 0 Å². The molecular weight excluding hydrogens is 731 g/mol. The number of hydrogen-bond donors (Lipinski definition) is 5. The molecule has 1 aliphatic rings. The number of fused-ring (bicyclic) bond motifs is 2. The van der Waals surface area contributed by atoms with Gasteiger partial charge < -0.3 is 31.5 Å². The topological polar surface area (TPSA) is 197 Å². The van der Waals surface area contributed by atoms with Crippen molar-refractivity contribution in [2.75, 3.05) is 25.1 Å². The largest absolute Gasteiger partial charge is 0.349 e. The lowest BCUT2D eigenvalue weighted by Gasteiger charge is -2.30. The predicted molar refractivity (Wildman–Crippen MR) is 208 cm³/mol. The Labute approximate surface area is 324 Å². The minimum atomic E-state index is -1.01. The number of aryl methyl sites for hydroxylation is 2. The number of rotatable bonds is 8. The van der Waals surface area contributed by atoms with E-state index < -0.39 is 65.7 Å². The number of aromatic nitrogens is 3. The summed E-state index contributed by atoms with van der Waals surface area (Å²) in [6.45, 7) is 8.39. The molecule has 6 amide bonds. The molecule has 0 aliphatic carbocycles. The van der Waals surface area contributed by atoms with Crippen LogP contribution in [0.1, 0.15) is 83.8 Å². The summed E-state index contributed by atoms with van der Waals surface area (Å²) in [6, 6.07) is 6.83. The van der Waals surface area contributed by atoms with E-state index in [2.05, 4.69) is 36.7 Å². The highest BCUT2D eigenvalue weighted by Crippen LogP contribution is 2.25. The Hall–Kier alpha value is -4.77. The second kappa shape index (κ2) is 19.5. The van der Waals surface area contributed by atoms with Crippen LogP contribution >= 0.6 is 23.1 Å². The molecule has 5 N–H and O–H groups in total. The standard InChI is InChI=1S/C37H51N9O6S2/c1-8-26-33(49)41-27(14-15-53-7)34(50)39-25(17-24-12-10-9-11-13-24)18-46(37(52)29-16-22(4)44-45(29)6)19-30(47)43-31(21(2)3)36-42-28(20-54-36)35(51)38-23(5)32(48)40-26/h9-13,16,20-21,23,25-27,31H,8,14-15,17-19H2,1-7H3,(H,38,51)(H,39,50)(H,40,48)(H,41,49)(H,43,47)/t23-,25+,26+,27+,31+/m1/s1. The van der Waals surface area contributed by atoms with Gasteiger partial charge in [-0.05, 0) is 62.7 Å². The van der Waals surface area contributed by atoms with Gasteiger partial charge in [0.15, 0.2) is 0 Å². The van der Waals surface area contributed by atoms with Crippen LogP contribution in [0.15, 0.2) is 41.8 Å². The first kappa shape index (κ1) is 42.0. The second-order valence-corrected chi connectivity index (χ2v) is 15.6. The first-order valence-corrected chi connectivity index (χ1v) is 20.3. The molecule has 292 valence electrons. The van der Waals surface area contributed by atoms with Crippen LogP contribution in [-0.4, -0.2) is 104 Å².